The minimum atomic E-state index is -0.279. The fourth-order valence-corrected chi connectivity index (χ4v) is 8.08. The summed E-state index contributed by atoms with van der Waals surface area (Å²) in [5.74, 6) is 0.292. The molecule has 3 heterocycles. The standard InChI is InChI=1S/C36H45N3O4/c1-26-24-36(35(42)39(26)20-9-3-4-15-32(40)43-2)18-10-19-38(25-36)29-16-21-37(22-17-29)34(41)33-30-13-7-5-11-27(30)23-28-12-6-8-14-31(28)33/h5-8,11-14,23,26,29H,3-4,9-10,15-22,24-25H2,1-2H3. The molecule has 1 spiro atoms. The van der Waals surface area contributed by atoms with Crippen molar-refractivity contribution in [1.82, 2.24) is 14.7 Å². The Balaban J connectivity index is 1.08. The first-order chi connectivity index (χ1) is 20.9. The van der Waals surface area contributed by atoms with Crippen LogP contribution in [0.4, 0.5) is 0 Å². The third kappa shape index (κ3) is 5.88. The number of hydrogen-bond donors (Lipinski definition) is 0. The Bertz CT molecular complexity index is 1440. The van der Waals surface area contributed by atoms with Crippen LogP contribution in [0.15, 0.2) is 54.6 Å². The quantitative estimate of drug-likeness (QED) is 0.184. The molecule has 3 aliphatic rings. The molecular weight excluding hydrogens is 538 g/mol. The van der Waals surface area contributed by atoms with E-state index in [-0.39, 0.29) is 23.3 Å². The Kier molecular flexibility index (Phi) is 8.71. The van der Waals surface area contributed by atoms with Gasteiger partial charge in [-0.05, 0) is 86.0 Å². The number of methoxy groups -OCH3 is 1. The zero-order valence-corrected chi connectivity index (χ0v) is 25.7. The van der Waals surface area contributed by atoms with Crippen LogP contribution in [0, 0.1) is 5.41 Å². The summed E-state index contributed by atoms with van der Waals surface area (Å²) in [7, 11) is 1.43. The number of carbonyl (C=O) groups excluding carboxylic acids is 3. The van der Waals surface area contributed by atoms with Gasteiger partial charge < -0.3 is 14.5 Å². The van der Waals surface area contributed by atoms with E-state index in [9.17, 15) is 14.4 Å². The lowest BCUT2D eigenvalue weighted by Gasteiger charge is -2.45. The van der Waals surface area contributed by atoms with Gasteiger partial charge in [0.05, 0.1) is 18.1 Å². The maximum atomic E-state index is 14.0. The highest BCUT2D eigenvalue weighted by molar-refractivity contribution is 6.18. The summed E-state index contributed by atoms with van der Waals surface area (Å²) in [6.07, 6.45) is 7.93. The Morgan fingerprint density at radius 2 is 1.60 bits per heavy atom. The van der Waals surface area contributed by atoms with Crippen LogP contribution >= 0.6 is 0 Å². The van der Waals surface area contributed by atoms with E-state index in [0.717, 1.165) is 111 Å². The van der Waals surface area contributed by atoms with E-state index >= 15 is 0 Å². The summed E-state index contributed by atoms with van der Waals surface area (Å²) < 4.78 is 4.74. The van der Waals surface area contributed by atoms with Gasteiger partial charge in [-0.2, -0.15) is 0 Å². The number of ether oxygens (including phenoxy) is 1. The molecule has 3 aromatic carbocycles. The molecule has 3 aliphatic heterocycles. The fourth-order valence-electron chi connectivity index (χ4n) is 8.08. The number of carbonyl (C=O) groups is 3. The third-order valence-corrected chi connectivity index (χ3v) is 10.3. The zero-order valence-electron chi connectivity index (χ0n) is 25.7. The van der Waals surface area contributed by atoms with Crippen molar-refractivity contribution in [2.24, 2.45) is 5.41 Å². The number of nitrogens with zero attached hydrogens (tertiary/aromatic N) is 3. The molecule has 0 N–H and O–H groups in total. The molecule has 7 nitrogen and oxygen atoms in total. The number of likely N-dealkylation sites (tertiary alicyclic amines) is 3. The Labute approximate surface area is 255 Å². The van der Waals surface area contributed by atoms with Crippen molar-refractivity contribution in [3.8, 4) is 0 Å². The van der Waals surface area contributed by atoms with Gasteiger partial charge in [-0.15, -0.1) is 0 Å². The number of benzene rings is 3. The van der Waals surface area contributed by atoms with Gasteiger partial charge in [-0.3, -0.25) is 19.3 Å². The van der Waals surface area contributed by atoms with Crippen LogP contribution in [-0.2, 0) is 14.3 Å². The molecule has 2 unspecified atom stereocenters. The summed E-state index contributed by atoms with van der Waals surface area (Å²) in [6, 6.07) is 19.3. The van der Waals surface area contributed by atoms with Gasteiger partial charge in [0.25, 0.3) is 5.91 Å². The smallest absolute Gasteiger partial charge is 0.305 e. The van der Waals surface area contributed by atoms with Crippen LogP contribution in [0.5, 0.6) is 0 Å². The van der Waals surface area contributed by atoms with E-state index < -0.39 is 0 Å². The van der Waals surface area contributed by atoms with E-state index in [1.807, 2.05) is 24.3 Å². The van der Waals surface area contributed by atoms with Gasteiger partial charge in [-0.25, -0.2) is 0 Å². The van der Waals surface area contributed by atoms with Crippen LogP contribution in [0.1, 0.15) is 75.1 Å². The number of fused-ring (bicyclic) bond motifs is 2. The minimum Gasteiger partial charge on any atom is -0.469 e. The highest BCUT2D eigenvalue weighted by Crippen LogP contribution is 2.44. The van der Waals surface area contributed by atoms with Crippen molar-refractivity contribution in [2.75, 3.05) is 39.8 Å². The van der Waals surface area contributed by atoms with Gasteiger partial charge in [0.15, 0.2) is 0 Å². The molecule has 2 atom stereocenters. The molecule has 3 aromatic rings. The predicted octanol–water partition coefficient (Wildman–Crippen LogP) is 6.03. The van der Waals surface area contributed by atoms with Crippen molar-refractivity contribution in [3.05, 3.63) is 60.2 Å². The number of piperidine rings is 2. The number of amides is 2. The zero-order chi connectivity index (χ0) is 30.0. The Morgan fingerprint density at radius 1 is 0.930 bits per heavy atom. The topological polar surface area (TPSA) is 70.2 Å². The highest BCUT2D eigenvalue weighted by atomic mass is 16.5. The molecule has 0 aromatic heterocycles. The van der Waals surface area contributed by atoms with E-state index in [2.05, 4.69) is 52.0 Å². The Morgan fingerprint density at radius 3 is 2.28 bits per heavy atom. The van der Waals surface area contributed by atoms with Crippen molar-refractivity contribution in [1.29, 1.82) is 0 Å². The minimum absolute atomic E-state index is 0.128. The maximum absolute atomic E-state index is 14.0. The second-order valence-electron chi connectivity index (χ2n) is 13.0. The van der Waals surface area contributed by atoms with Crippen LogP contribution < -0.4 is 0 Å². The van der Waals surface area contributed by atoms with Crippen molar-refractivity contribution >= 4 is 39.3 Å². The van der Waals surface area contributed by atoms with Crippen LogP contribution in [0.3, 0.4) is 0 Å². The fraction of sp³-hybridized carbons (Fsp3) is 0.528. The third-order valence-electron chi connectivity index (χ3n) is 10.3. The lowest BCUT2D eigenvalue weighted by atomic mass is 9.76. The molecule has 3 fully saturated rings. The average molecular weight is 584 g/mol. The largest absolute Gasteiger partial charge is 0.469 e. The van der Waals surface area contributed by atoms with Gasteiger partial charge >= 0.3 is 5.97 Å². The first-order valence-corrected chi connectivity index (χ1v) is 16.2. The second kappa shape index (κ2) is 12.7. The summed E-state index contributed by atoms with van der Waals surface area (Å²) >= 11 is 0. The summed E-state index contributed by atoms with van der Waals surface area (Å²) in [6.45, 7) is 6.32. The maximum Gasteiger partial charge on any atom is 0.305 e. The van der Waals surface area contributed by atoms with Gasteiger partial charge in [0, 0.05) is 44.7 Å². The first kappa shape index (κ1) is 29.6. The van der Waals surface area contributed by atoms with E-state index in [4.69, 9.17) is 4.74 Å². The number of esters is 1. The molecule has 3 saturated heterocycles. The summed E-state index contributed by atoms with van der Waals surface area (Å²) in [4.78, 5) is 46.0. The second-order valence-corrected chi connectivity index (χ2v) is 13.0. The summed E-state index contributed by atoms with van der Waals surface area (Å²) in [5.41, 5.74) is 0.540. The van der Waals surface area contributed by atoms with Gasteiger partial charge in [0.1, 0.15) is 0 Å². The monoisotopic (exact) mass is 583 g/mol. The predicted molar refractivity (Wildman–Crippen MR) is 170 cm³/mol. The van der Waals surface area contributed by atoms with Crippen LogP contribution in [0.25, 0.3) is 21.5 Å². The van der Waals surface area contributed by atoms with Crippen molar-refractivity contribution < 1.29 is 19.1 Å². The lowest BCUT2D eigenvalue weighted by Crippen LogP contribution is -2.54. The molecule has 2 amide bonds. The van der Waals surface area contributed by atoms with E-state index in [1.54, 1.807) is 0 Å². The summed E-state index contributed by atoms with van der Waals surface area (Å²) in [5, 5.41) is 4.24. The Hall–Kier alpha value is -3.45. The van der Waals surface area contributed by atoms with E-state index in [1.165, 1.54) is 7.11 Å². The van der Waals surface area contributed by atoms with E-state index in [0.29, 0.717) is 18.4 Å². The molecule has 228 valence electrons. The van der Waals surface area contributed by atoms with Crippen LogP contribution in [0.2, 0.25) is 0 Å². The molecule has 6 rings (SSSR count). The normalized spacial score (nSPS) is 23.5. The highest BCUT2D eigenvalue weighted by Gasteiger charge is 2.52. The molecule has 7 heteroatoms. The first-order valence-electron chi connectivity index (χ1n) is 16.2. The average Bonchev–Trinajstić information content (AvgIpc) is 3.26. The van der Waals surface area contributed by atoms with Gasteiger partial charge in [0.2, 0.25) is 5.91 Å². The molecule has 0 radical (unpaired) electrons. The molecule has 0 aliphatic carbocycles. The number of hydrogen-bond acceptors (Lipinski definition) is 5. The van der Waals surface area contributed by atoms with Gasteiger partial charge in [-0.1, -0.05) is 55.0 Å². The number of unbranched alkanes of at least 4 members (excludes halogenated alkanes) is 2. The van der Waals surface area contributed by atoms with Crippen molar-refractivity contribution in [2.45, 2.75) is 76.8 Å². The SMILES string of the molecule is COC(=O)CCCCCN1C(=O)C2(CCCN(C3CCN(C(=O)c4c5ccccc5cc5ccccc45)CC3)C2)CC1C. The molecule has 0 saturated carbocycles. The lowest BCUT2D eigenvalue weighted by molar-refractivity contribution is -0.141. The molecular formula is C36H45N3O4. The molecule has 0 bridgehead atoms. The number of rotatable bonds is 8. The van der Waals surface area contributed by atoms with Crippen molar-refractivity contribution in [3.63, 3.8) is 0 Å². The van der Waals surface area contributed by atoms with Crippen LogP contribution in [-0.4, -0.2) is 84.4 Å². The molecule has 43 heavy (non-hydrogen) atoms.